The zero-order chi connectivity index (χ0) is 15.6. The van der Waals surface area contributed by atoms with Crippen molar-refractivity contribution in [1.29, 1.82) is 0 Å². The SMILES string of the molecule is COC(=O)[C@H]1C[C@H](n2cccn2)CN1C(=O)OC(C)(C)C. The lowest BCUT2D eigenvalue weighted by molar-refractivity contribution is -0.145. The Labute approximate surface area is 123 Å². The molecule has 2 rings (SSSR count). The van der Waals surface area contributed by atoms with Crippen LogP contribution >= 0.6 is 0 Å². The zero-order valence-electron chi connectivity index (χ0n) is 12.8. The van der Waals surface area contributed by atoms with Crippen LogP contribution in [0.3, 0.4) is 0 Å². The smallest absolute Gasteiger partial charge is 0.411 e. The maximum Gasteiger partial charge on any atom is 0.411 e. The van der Waals surface area contributed by atoms with Gasteiger partial charge in [-0.25, -0.2) is 9.59 Å². The molecule has 1 aromatic heterocycles. The number of hydrogen-bond donors (Lipinski definition) is 0. The van der Waals surface area contributed by atoms with Crippen molar-refractivity contribution in [3.05, 3.63) is 18.5 Å². The Bertz CT molecular complexity index is 507. The molecule has 1 aromatic rings. The summed E-state index contributed by atoms with van der Waals surface area (Å²) in [6, 6.07) is 1.11. The first-order valence-corrected chi connectivity index (χ1v) is 6.88. The number of carbonyl (C=O) groups is 2. The van der Waals surface area contributed by atoms with Gasteiger partial charge in [0.15, 0.2) is 0 Å². The van der Waals surface area contributed by atoms with Gasteiger partial charge in [0, 0.05) is 25.4 Å². The summed E-state index contributed by atoms with van der Waals surface area (Å²) in [6.07, 6.45) is 3.45. The molecular weight excluding hydrogens is 274 g/mol. The molecule has 0 saturated carbocycles. The lowest BCUT2D eigenvalue weighted by atomic mass is 10.2. The molecule has 7 heteroatoms. The molecule has 2 heterocycles. The molecule has 0 radical (unpaired) electrons. The van der Waals surface area contributed by atoms with E-state index in [1.807, 2.05) is 12.3 Å². The van der Waals surface area contributed by atoms with Gasteiger partial charge in [0.1, 0.15) is 11.6 Å². The first-order valence-electron chi connectivity index (χ1n) is 6.88. The lowest BCUT2D eigenvalue weighted by Gasteiger charge is -2.27. The van der Waals surface area contributed by atoms with Crippen molar-refractivity contribution >= 4 is 12.1 Å². The summed E-state index contributed by atoms with van der Waals surface area (Å²) in [5.41, 5.74) is -0.610. The van der Waals surface area contributed by atoms with Gasteiger partial charge < -0.3 is 9.47 Å². The van der Waals surface area contributed by atoms with Crippen LogP contribution in [0.4, 0.5) is 4.79 Å². The molecule has 1 saturated heterocycles. The predicted octanol–water partition coefficient (Wildman–Crippen LogP) is 1.61. The highest BCUT2D eigenvalue weighted by Crippen LogP contribution is 2.29. The van der Waals surface area contributed by atoms with Crippen LogP contribution in [0.25, 0.3) is 0 Å². The third-order valence-electron chi connectivity index (χ3n) is 3.28. The first kappa shape index (κ1) is 15.3. The maximum absolute atomic E-state index is 12.3. The summed E-state index contributed by atoms with van der Waals surface area (Å²) in [6.45, 7) is 5.74. The topological polar surface area (TPSA) is 73.7 Å². The molecular formula is C14H21N3O4. The second kappa shape index (κ2) is 5.75. The van der Waals surface area contributed by atoms with Crippen LogP contribution in [-0.4, -0.2) is 52.0 Å². The highest BCUT2D eigenvalue weighted by atomic mass is 16.6. The number of methoxy groups -OCH3 is 1. The molecule has 0 aromatic carbocycles. The number of hydrogen-bond acceptors (Lipinski definition) is 5. The zero-order valence-corrected chi connectivity index (χ0v) is 12.8. The molecule has 0 unspecified atom stereocenters. The van der Waals surface area contributed by atoms with Gasteiger partial charge in [-0.1, -0.05) is 0 Å². The van der Waals surface area contributed by atoms with Crippen molar-refractivity contribution < 1.29 is 19.1 Å². The molecule has 0 N–H and O–H groups in total. The third-order valence-corrected chi connectivity index (χ3v) is 3.28. The largest absolute Gasteiger partial charge is 0.467 e. The van der Waals surface area contributed by atoms with Crippen LogP contribution in [0.2, 0.25) is 0 Å². The van der Waals surface area contributed by atoms with Crippen molar-refractivity contribution in [3.8, 4) is 0 Å². The van der Waals surface area contributed by atoms with Crippen molar-refractivity contribution in [3.63, 3.8) is 0 Å². The number of esters is 1. The first-order chi connectivity index (χ1) is 9.81. The number of amides is 1. The molecule has 0 bridgehead atoms. The van der Waals surface area contributed by atoms with Crippen molar-refractivity contribution in [2.75, 3.05) is 13.7 Å². The van der Waals surface area contributed by atoms with E-state index in [0.717, 1.165) is 0 Å². The fraction of sp³-hybridized carbons (Fsp3) is 0.643. The molecule has 1 fully saturated rings. The number of carbonyl (C=O) groups excluding carboxylic acids is 2. The molecule has 1 aliphatic rings. The second-order valence-corrected chi connectivity index (χ2v) is 6.05. The summed E-state index contributed by atoms with van der Waals surface area (Å²) < 4.78 is 11.9. The molecule has 116 valence electrons. The summed E-state index contributed by atoms with van der Waals surface area (Å²) in [4.78, 5) is 25.6. The summed E-state index contributed by atoms with van der Waals surface area (Å²) >= 11 is 0. The van der Waals surface area contributed by atoms with Gasteiger partial charge in [-0.3, -0.25) is 9.58 Å². The standard InChI is InChI=1S/C14H21N3O4/c1-14(2,3)21-13(19)16-9-10(17-7-5-6-15-17)8-11(16)12(18)20-4/h5-7,10-11H,8-9H2,1-4H3/t10-,11+/m0/s1. The molecule has 0 spiro atoms. The average molecular weight is 295 g/mol. The van der Waals surface area contributed by atoms with Crippen molar-refractivity contribution in [2.24, 2.45) is 0 Å². The summed E-state index contributed by atoms with van der Waals surface area (Å²) in [5.74, 6) is -0.435. The monoisotopic (exact) mass is 295 g/mol. The fourth-order valence-corrected chi connectivity index (χ4v) is 2.38. The van der Waals surface area contributed by atoms with Gasteiger partial charge in [0.2, 0.25) is 0 Å². The van der Waals surface area contributed by atoms with Crippen molar-refractivity contribution in [1.82, 2.24) is 14.7 Å². The highest BCUT2D eigenvalue weighted by Gasteiger charge is 2.43. The minimum absolute atomic E-state index is 0.0587. The Morgan fingerprint density at radius 3 is 2.57 bits per heavy atom. The van der Waals surface area contributed by atoms with Crippen LogP contribution in [0, 0.1) is 0 Å². The van der Waals surface area contributed by atoms with Crippen LogP contribution < -0.4 is 0 Å². The Morgan fingerprint density at radius 2 is 2.05 bits per heavy atom. The molecule has 1 amide bonds. The van der Waals surface area contributed by atoms with Gasteiger partial charge in [-0.05, 0) is 26.8 Å². The van der Waals surface area contributed by atoms with E-state index in [1.54, 1.807) is 31.6 Å². The number of rotatable bonds is 2. The minimum Gasteiger partial charge on any atom is -0.467 e. The highest BCUT2D eigenvalue weighted by molar-refractivity contribution is 5.82. The van der Waals surface area contributed by atoms with E-state index in [1.165, 1.54) is 12.0 Å². The lowest BCUT2D eigenvalue weighted by Crippen LogP contribution is -2.43. The Balaban J connectivity index is 2.16. The minimum atomic E-state index is -0.640. The Kier molecular flexibility index (Phi) is 4.20. The van der Waals surface area contributed by atoms with E-state index >= 15 is 0 Å². The van der Waals surface area contributed by atoms with E-state index in [2.05, 4.69) is 5.10 Å². The van der Waals surface area contributed by atoms with E-state index in [4.69, 9.17) is 9.47 Å². The maximum atomic E-state index is 12.3. The molecule has 2 atom stereocenters. The van der Waals surface area contributed by atoms with Crippen LogP contribution in [0.15, 0.2) is 18.5 Å². The normalized spacial score (nSPS) is 22.2. The van der Waals surface area contributed by atoms with E-state index in [0.29, 0.717) is 13.0 Å². The van der Waals surface area contributed by atoms with Gasteiger partial charge in [0.05, 0.1) is 13.2 Å². The van der Waals surface area contributed by atoms with Gasteiger partial charge >= 0.3 is 12.1 Å². The third kappa shape index (κ3) is 3.53. The molecule has 21 heavy (non-hydrogen) atoms. The molecule has 7 nitrogen and oxygen atoms in total. The van der Waals surface area contributed by atoms with Gasteiger partial charge in [0.25, 0.3) is 0 Å². The van der Waals surface area contributed by atoms with Gasteiger partial charge in [-0.2, -0.15) is 5.10 Å². The number of ether oxygens (including phenoxy) is 2. The van der Waals surface area contributed by atoms with Crippen LogP contribution in [0.1, 0.15) is 33.2 Å². The quantitative estimate of drug-likeness (QED) is 0.775. The number of aromatic nitrogens is 2. The van der Waals surface area contributed by atoms with Crippen molar-refractivity contribution in [2.45, 2.75) is 44.9 Å². The Morgan fingerprint density at radius 1 is 1.33 bits per heavy atom. The van der Waals surface area contributed by atoms with Crippen LogP contribution in [-0.2, 0) is 14.3 Å². The predicted molar refractivity (Wildman–Crippen MR) is 74.6 cm³/mol. The van der Waals surface area contributed by atoms with Gasteiger partial charge in [-0.15, -0.1) is 0 Å². The fourth-order valence-electron chi connectivity index (χ4n) is 2.38. The Hall–Kier alpha value is -2.05. The average Bonchev–Trinajstić information content (AvgIpc) is 3.04. The number of likely N-dealkylation sites (tertiary alicyclic amines) is 1. The summed E-state index contributed by atoms with van der Waals surface area (Å²) in [7, 11) is 1.32. The second-order valence-electron chi connectivity index (χ2n) is 6.05. The molecule has 1 aliphatic heterocycles. The van der Waals surface area contributed by atoms with E-state index in [-0.39, 0.29) is 6.04 Å². The van der Waals surface area contributed by atoms with E-state index < -0.39 is 23.7 Å². The number of nitrogens with zero attached hydrogens (tertiary/aromatic N) is 3. The molecule has 0 aliphatic carbocycles. The van der Waals surface area contributed by atoms with E-state index in [9.17, 15) is 9.59 Å². The summed E-state index contributed by atoms with van der Waals surface area (Å²) in [5, 5.41) is 4.17. The van der Waals surface area contributed by atoms with Crippen LogP contribution in [0.5, 0.6) is 0 Å².